The van der Waals surface area contributed by atoms with E-state index in [1.165, 1.54) is 18.2 Å². The van der Waals surface area contributed by atoms with Crippen LogP contribution >= 0.6 is 0 Å². The topological polar surface area (TPSA) is 67.2 Å². The van der Waals surface area contributed by atoms with Crippen LogP contribution in [-0.2, 0) is 9.53 Å². The number of carbonyl (C=O) groups excluding carboxylic acids is 2. The molecule has 0 bridgehead atoms. The number of nitriles is 1. The monoisotopic (exact) mass is 201 g/mol. The highest BCUT2D eigenvalue weighted by atomic mass is 16.6. The van der Waals surface area contributed by atoms with Gasteiger partial charge in [-0.15, -0.1) is 0 Å². The molecule has 0 aliphatic rings. The summed E-state index contributed by atoms with van der Waals surface area (Å²) >= 11 is 0. The van der Waals surface area contributed by atoms with Gasteiger partial charge in [-0.3, -0.25) is 0 Å². The summed E-state index contributed by atoms with van der Waals surface area (Å²) < 4.78 is 4.39. The normalized spacial score (nSPS) is 8.73. The number of hydrogen-bond donors (Lipinski definition) is 0. The largest absolute Gasteiger partial charge is 0.385 e. The number of rotatable bonds is 2. The molecule has 0 fully saturated rings. The predicted molar refractivity (Wildman–Crippen MR) is 51.6 cm³/mol. The van der Waals surface area contributed by atoms with Gasteiger partial charge in [-0.25, -0.2) is 9.59 Å². The molecule has 0 aromatic heterocycles. The van der Waals surface area contributed by atoms with Crippen LogP contribution in [0, 0.1) is 11.3 Å². The quantitative estimate of drug-likeness (QED) is 0.314. The van der Waals surface area contributed by atoms with Crippen LogP contribution in [0.2, 0.25) is 0 Å². The van der Waals surface area contributed by atoms with Crippen molar-refractivity contribution in [1.29, 1.82) is 5.26 Å². The maximum Gasteiger partial charge on any atom is 0.356 e. The third-order valence-electron chi connectivity index (χ3n) is 1.58. The van der Waals surface area contributed by atoms with Crippen molar-refractivity contribution in [2.24, 2.45) is 0 Å². The molecule has 0 unspecified atom stereocenters. The van der Waals surface area contributed by atoms with Gasteiger partial charge >= 0.3 is 11.9 Å². The lowest BCUT2D eigenvalue weighted by Gasteiger charge is -2.00. The maximum absolute atomic E-state index is 11.3. The molecule has 74 valence electrons. The van der Waals surface area contributed by atoms with Gasteiger partial charge in [0, 0.05) is 0 Å². The van der Waals surface area contributed by atoms with Crippen LogP contribution in [0.4, 0.5) is 0 Å². The van der Waals surface area contributed by atoms with E-state index in [4.69, 9.17) is 5.26 Å². The number of nitrogens with zero attached hydrogens (tertiary/aromatic N) is 1. The molecule has 0 aliphatic heterocycles. The van der Waals surface area contributed by atoms with Gasteiger partial charge in [0.15, 0.2) is 0 Å². The van der Waals surface area contributed by atoms with Crippen LogP contribution in [-0.4, -0.2) is 11.9 Å². The highest BCUT2D eigenvalue weighted by Gasteiger charge is 2.14. The third kappa shape index (κ3) is 2.78. The molecular formula is C11H7NO3. The van der Waals surface area contributed by atoms with Crippen molar-refractivity contribution in [3.8, 4) is 6.07 Å². The molecule has 1 aromatic carbocycles. The Morgan fingerprint density at radius 2 is 1.87 bits per heavy atom. The average Bonchev–Trinajstić information content (AvgIpc) is 2.29. The van der Waals surface area contributed by atoms with Crippen LogP contribution < -0.4 is 0 Å². The van der Waals surface area contributed by atoms with Crippen molar-refractivity contribution in [3.05, 3.63) is 48.0 Å². The Kier molecular flexibility index (Phi) is 3.36. The van der Waals surface area contributed by atoms with E-state index in [0.717, 1.165) is 0 Å². The molecule has 0 amide bonds. The molecule has 0 saturated heterocycles. The van der Waals surface area contributed by atoms with E-state index in [-0.39, 0.29) is 5.56 Å². The first kappa shape index (κ1) is 10.7. The Hall–Kier alpha value is -2.41. The average molecular weight is 201 g/mol. The summed E-state index contributed by atoms with van der Waals surface area (Å²) in [5.41, 5.74) is -0.157. The van der Waals surface area contributed by atoms with Crippen molar-refractivity contribution in [2.75, 3.05) is 0 Å². The van der Waals surface area contributed by atoms with Gasteiger partial charge in [0.25, 0.3) is 0 Å². The molecule has 0 aliphatic carbocycles. The third-order valence-corrected chi connectivity index (χ3v) is 1.58. The zero-order valence-corrected chi connectivity index (χ0v) is 7.77. The Bertz CT molecular complexity index is 443. The lowest BCUT2D eigenvalue weighted by atomic mass is 10.2. The lowest BCUT2D eigenvalue weighted by molar-refractivity contribution is -0.133. The molecule has 0 radical (unpaired) electrons. The number of ether oxygens (including phenoxy) is 1. The Morgan fingerprint density at radius 3 is 2.40 bits per heavy atom. The fourth-order valence-electron chi connectivity index (χ4n) is 0.825. The van der Waals surface area contributed by atoms with Gasteiger partial charge in [-0.2, -0.15) is 5.26 Å². The van der Waals surface area contributed by atoms with E-state index in [1.807, 2.05) is 0 Å². The SMILES string of the molecule is C=C(C#N)C(=O)OC(=O)c1ccccc1. The maximum atomic E-state index is 11.3. The van der Waals surface area contributed by atoms with Crippen molar-refractivity contribution < 1.29 is 14.3 Å². The summed E-state index contributed by atoms with van der Waals surface area (Å²) in [5, 5.41) is 8.33. The van der Waals surface area contributed by atoms with Crippen molar-refractivity contribution in [1.82, 2.24) is 0 Å². The molecule has 4 nitrogen and oxygen atoms in total. The summed E-state index contributed by atoms with van der Waals surface area (Å²) in [6.07, 6.45) is 0. The van der Waals surface area contributed by atoms with Crippen LogP contribution in [0.25, 0.3) is 0 Å². The van der Waals surface area contributed by atoms with Gasteiger partial charge < -0.3 is 4.74 Å². The highest BCUT2D eigenvalue weighted by molar-refractivity contribution is 6.03. The molecule has 4 heteroatoms. The molecule has 1 aromatic rings. The second kappa shape index (κ2) is 4.72. The van der Waals surface area contributed by atoms with Gasteiger partial charge in [0.05, 0.1) is 5.56 Å². The fraction of sp³-hybridized carbons (Fsp3) is 0. The standard InChI is InChI=1S/C11H7NO3/c1-8(7-12)10(13)15-11(14)9-5-3-2-4-6-9/h2-6H,1H2. The summed E-state index contributed by atoms with van der Waals surface area (Å²) in [6, 6.07) is 9.52. The zero-order valence-electron chi connectivity index (χ0n) is 7.77. The minimum Gasteiger partial charge on any atom is -0.385 e. The van der Waals surface area contributed by atoms with Crippen LogP contribution in [0.5, 0.6) is 0 Å². The van der Waals surface area contributed by atoms with Gasteiger partial charge in [0.2, 0.25) is 0 Å². The molecule has 0 spiro atoms. The van der Waals surface area contributed by atoms with Crippen molar-refractivity contribution >= 4 is 11.9 Å². The highest BCUT2D eigenvalue weighted by Crippen LogP contribution is 2.03. The zero-order chi connectivity index (χ0) is 11.3. The minimum absolute atomic E-state index is 0.247. The molecule has 1 rings (SSSR count). The molecule has 0 heterocycles. The Balaban J connectivity index is 2.70. The van der Waals surface area contributed by atoms with E-state index in [9.17, 15) is 9.59 Å². The smallest absolute Gasteiger partial charge is 0.356 e. The van der Waals surface area contributed by atoms with Crippen LogP contribution in [0.15, 0.2) is 42.5 Å². The molecule has 0 saturated carbocycles. The summed E-state index contributed by atoms with van der Waals surface area (Å²) in [7, 11) is 0. The number of hydrogen-bond acceptors (Lipinski definition) is 4. The molecule has 15 heavy (non-hydrogen) atoms. The Labute approximate surface area is 86.4 Å². The number of benzene rings is 1. The minimum atomic E-state index is -1.02. The summed E-state index contributed by atoms with van der Waals surface area (Å²) in [5.74, 6) is -1.82. The number of esters is 2. The first-order chi connectivity index (χ1) is 7.15. The van der Waals surface area contributed by atoms with Crippen LogP contribution in [0.3, 0.4) is 0 Å². The van der Waals surface area contributed by atoms with E-state index in [2.05, 4.69) is 11.3 Å². The summed E-state index contributed by atoms with van der Waals surface area (Å²) in [6.45, 7) is 3.13. The molecule has 0 atom stereocenters. The van der Waals surface area contributed by atoms with E-state index in [0.29, 0.717) is 0 Å². The van der Waals surface area contributed by atoms with E-state index >= 15 is 0 Å². The van der Waals surface area contributed by atoms with Crippen molar-refractivity contribution in [3.63, 3.8) is 0 Å². The first-order valence-corrected chi connectivity index (χ1v) is 4.05. The van der Waals surface area contributed by atoms with Gasteiger partial charge in [0.1, 0.15) is 11.6 Å². The van der Waals surface area contributed by atoms with Crippen LogP contribution in [0.1, 0.15) is 10.4 Å². The van der Waals surface area contributed by atoms with E-state index < -0.39 is 17.5 Å². The van der Waals surface area contributed by atoms with Crippen molar-refractivity contribution in [2.45, 2.75) is 0 Å². The number of carbonyl (C=O) groups is 2. The molecular weight excluding hydrogens is 194 g/mol. The van der Waals surface area contributed by atoms with Gasteiger partial charge in [-0.05, 0) is 12.1 Å². The predicted octanol–water partition coefficient (Wildman–Crippen LogP) is 1.45. The fourth-order valence-corrected chi connectivity index (χ4v) is 0.825. The second-order valence-corrected chi connectivity index (χ2v) is 2.63. The first-order valence-electron chi connectivity index (χ1n) is 4.05. The lowest BCUT2D eigenvalue weighted by Crippen LogP contribution is -2.13. The van der Waals surface area contributed by atoms with E-state index in [1.54, 1.807) is 18.2 Å². The Morgan fingerprint density at radius 1 is 1.27 bits per heavy atom. The summed E-state index contributed by atoms with van der Waals surface area (Å²) in [4.78, 5) is 22.3. The second-order valence-electron chi connectivity index (χ2n) is 2.63. The van der Waals surface area contributed by atoms with Gasteiger partial charge in [-0.1, -0.05) is 24.8 Å². The molecule has 0 N–H and O–H groups in total.